The van der Waals surface area contributed by atoms with Crippen molar-refractivity contribution < 1.29 is 5.11 Å². The summed E-state index contributed by atoms with van der Waals surface area (Å²) in [4.78, 5) is 2.52. The van der Waals surface area contributed by atoms with Crippen LogP contribution in [0.2, 0.25) is 5.02 Å². The zero-order valence-corrected chi connectivity index (χ0v) is 12.1. The lowest BCUT2D eigenvalue weighted by atomic mass is 9.77. The summed E-state index contributed by atoms with van der Waals surface area (Å²) in [7, 11) is 0. The van der Waals surface area contributed by atoms with E-state index in [0.717, 1.165) is 6.54 Å². The highest BCUT2D eigenvalue weighted by atomic mass is 35.5. The number of rotatable bonds is 2. The highest BCUT2D eigenvalue weighted by Gasteiger charge is 2.36. The molecule has 104 valence electrons. The number of hydrogen-bond donors (Lipinski definition) is 1. The molecular weight excluding hydrogens is 258 g/mol. The van der Waals surface area contributed by atoms with Crippen molar-refractivity contribution >= 4 is 11.6 Å². The zero-order chi connectivity index (χ0) is 13.3. The average Bonchev–Trinajstić information content (AvgIpc) is 2.86. The molecule has 1 aliphatic heterocycles. The van der Waals surface area contributed by atoms with Gasteiger partial charge in [-0.15, -0.1) is 0 Å². The van der Waals surface area contributed by atoms with Gasteiger partial charge in [-0.25, -0.2) is 0 Å². The summed E-state index contributed by atoms with van der Waals surface area (Å²) < 4.78 is 0. The first-order valence-electron chi connectivity index (χ1n) is 7.37. The Hall–Kier alpha value is -0.730. The van der Waals surface area contributed by atoms with Crippen LogP contribution in [0.3, 0.4) is 0 Å². The Kier molecular flexibility index (Phi) is 3.72. The predicted molar refractivity (Wildman–Crippen MR) is 78.5 cm³/mol. The van der Waals surface area contributed by atoms with Crippen molar-refractivity contribution in [3.63, 3.8) is 0 Å². The van der Waals surface area contributed by atoms with Crippen molar-refractivity contribution in [1.82, 2.24) is 4.90 Å². The van der Waals surface area contributed by atoms with E-state index in [1.807, 2.05) is 12.1 Å². The third-order valence-corrected chi connectivity index (χ3v) is 5.30. The fourth-order valence-corrected chi connectivity index (χ4v) is 3.92. The number of likely N-dealkylation sites (tertiary alicyclic amines) is 1. The van der Waals surface area contributed by atoms with E-state index in [1.165, 1.54) is 57.2 Å². The Bertz CT molecular complexity index is 444. The fourth-order valence-electron chi connectivity index (χ4n) is 3.72. The molecule has 1 saturated carbocycles. The molecule has 1 spiro atoms. The molecule has 19 heavy (non-hydrogen) atoms. The molecule has 1 aromatic carbocycles. The molecule has 2 fully saturated rings. The number of piperidine rings is 1. The molecule has 0 radical (unpaired) electrons. The minimum Gasteiger partial charge on any atom is -0.506 e. The molecule has 2 nitrogen and oxygen atoms in total. The van der Waals surface area contributed by atoms with Gasteiger partial charge in [-0.2, -0.15) is 0 Å². The van der Waals surface area contributed by atoms with Crippen molar-refractivity contribution in [1.29, 1.82) is 0 Å². The smallest absolute Gasteiger partial charge is 0.134 e. The van der Waals surface area contributed by atoms with Crippen molar-refractivity contribution in [2.45, 2.75) is 45.1 Å². The minimum absolute atomic E-state index is 0.175. The molecule has 1 saturated heterocycles. The quantitative estimate of drug-likeness (QED) is 0.877. The largest absolute Gasteiger partial charge is 0.506 e. The maximum atomic E-state index is 9.44. The van der Waals surface area contributed by atoms with Gasteiger partial charge < -0.3 is 5.11 Å². The molecule has 0 aromatic heterocycles. The molecule has 1 N–H and O–H groups in total. The van der Waals surface area contributed by atoms with Gasteiger partial charge in [0.2, 0.25) is 0 Å². The van der Waals surface area contributed by atoms with Crippen LogP contribution in [0.4, 0.5) is 0 Å². The van der Waals surface area contributed by atoms with Gasteiger partial charge in [-0.3, -0.25) is 4.90 Å². The van der Waals surface area contributed by atoms with E-state index in [0.29, 0.717) is 10.4 Å². The van der Waals surface area contributed by atoms with Crippen molar-refractivity contribution in [3.05, 3.63) is 28.8 Å². The van der Waals surface area contributed by atoms with Crippen LogP contribution in [-0.4, -0.2) is 23.1 Å². The first-order chi connectivity index (χ1) is 9.17. The molecule has 0 unspecified atom stereocenters. The molecule has 1 aromatic rings. The van der Waals surface area contributed by atoms with Gasteiger partial charge >= 0.3 is 0 Å². The predicted octanol–water partition coefficient (Wildman–Crippen LogP) is 4.20. The highest BCUT2D eigenvalue weighted by molar-refractivity contribution is 6.32. The van der Waals surface area contributed by atoms with Crippen LogP contribution in [0.5, 0.6) is 5.75 Å². The summed E-state index contributed by atoms with van der Waals surface area (Å²) in [6.45, 7) is 3.37. The van der Waals surface area contributed by atoms with Crippen LogP contribution < -0.4 is 0 Å². The summed E-state index contributed by atoms with van der Waals surface area (Å²) in [6, 6.07) is 5.55. The molecule has 0 bridgehead atoms. The number of phenolic OH excluding ortho intramolecular Hbond substituents is 1. The molecule has 1 aliphatic carbocycles. The Morgan fingerprint density at radius 1 is 1.11 bits per heavy atom. The Morgan fingerprint density at radius 2 is 1.79 bits per heavy atom. The van der Waals surface area contributed by atoms with Crippen molar-refractivity contribution in [2.24, 2.45) is 5.41 Å². The van der Waals surface area contributed by atoms with Crippen molar-refractivity contribution in [2.75, 3.05) is 13.1 Å². The number of halogens is 1. The normalized spacial score (nSPS) is 23.0. The summed E-state index contributed by atoms with van der Waals surface area (Å²) in [5, 5.41) is 9.90. The second-order valence-electron chi connectivity index (χ2n) is 6.27. The monoisotopic (exact) mass is 279 g/mol. The first kappa shape index (κ1) is 13.3. The topological polar surface area (TPSA) is 23.5 Å². The molecule has 3 rings (SSSR count). The summed E-state index contributed by atoms with van der Waals surface area (Å²) >= 11 is 5.96. The zero-order valence-electron chi connectivity index (χ0n) is 11.4. The summed E-state index contributed by atoms with van der Waals surface area (Å²) in [5.74, 6) is 0.175. The van der Waals surface area contributed by atoms with Crippen LogP contribution >= 0.6 is 11.6 Å². The Balaban J connectivity index is 1.58. The number of hydrogen-bond acceptors (Lipinski definition) is 2. The average molecular weight is 280 g/mol. The van der Waals surface area contributed by atoms with Gasteiger partial charge in [0.1, 0.15) is 5.75 Å². The molecule has 0 atom stereocenters. The van der Waals surface area contributed by atoms with E-state index in [2.05, 4.69) is 4.90 Å². The lowest BCUT2D eigenvalue weighted by Crippen LogP contribution is -2.38. The molecule has 2 aliphatic rings. The van der Waals surface area contributed by atoms with Gasteiger partial charge in [0.15, 0.2) is 0 Å². The van der Waals surface area contributed by atoms with Crippen molar-refractivity contribution in [3.8, 4) is 5.75 Å². The number of nitrogens with zero attached hydrogens (tertiary/aromatic N) is 1. The van der Waals surface area contributed by atoms with E-state index >= 15 is 0 Å². The molecule has 1 heterocycles. The SMILES string of the molecule is Oc1ccc(CN2CCC3(CCCC3)CC2)cc1Cl. The third-order valence-electron chi connectivity index (χ3n) is 5.00. The second kappa shape index (κ2) is 5.34. The maximum absolute atomic E-state index is 9.44. The first-order valence-corrected chi connectivity index (χ1v) is 7.75. The molecule has 0 amide bonds. The van der Waals surface area contributed by atoms with Crippen LogP contribution in [0.25, 0.3) is 0 Å². The Morgan fingerprint density at radius 3 is 2.42 bits per heavy atom. The van der Waals surface area contributed by atoms with E-state index in [9.17, 15) is 5.11 Å². The van der Waals surface area contributed by atoms with Crippen LogP contribution in [0.15, 0.2) is 18.2 Å². The van der Waals surface area contributed by atoms with E-state index < -0.39 is 0 Å². The van der Waals surface area contributed by atoms with Gasteiger partial charge in [-0.05, 0) is 61.9 Å². The van der Waals surface area contributed by atoms with Gasteiger partial charge in [0, 0.05) is 6.54 Å². The van der Waals surface area contributed by atoms with Crippen LogP contribution in [0.1, 0.15) is 44.1 Å². The van der Waals surface area contributed by atoms with E-state index in [1.54, 1.807) is 6.07 Å². The van der Waals surface area contributed by atoms with Gasteiger partial charge in [0.25, 0.3) is 0 Å². The second-order valence-corrected chi connectivity index (χ2v) is 6.68. The number of phenols is 1. The Labute approximate surface area is 120 Å². The lowest BCUT2D eigenvalue weighted by Gasteiger charge is -2.39. The minimum atomic E-state index is 0.175. The number of aromatic hydroxyl groups is 1. The number of benzene rings is 1. The van der Waals surface area contributed by atoms with Crippen LogP contribution in [-0.2, 0) is 6.54 Å². The third kappa shape index (κ3) is 2.90. The molecule has 3 heteroatoms. The van der Waals surface area contributed by atoms with Gasteiger partial charge in [0.05, 0.1) is 5.02 Å². The summed E-state index contributed by atoms with van der Waals surface area (Å²) in [5.41, 5.74) is 1.88. The van der Waals surface area contributed by atoms with Crippen LogP contribution in [0, 0.1) is 5.41 Å². The van der Waals surface area contributed by atoms with E-state index in [4.69, 9.17) is 11.6 Å². The molecular formula is C16H22ClNO. The fraction of sp³-hybridized carbons (Fsp3) is 0.625. The maximum Gasteiger partial charge on any atom is 0.134 e. The summed E-state index contributed by atoms with van der Waals surface area (Å²) in [6.07, 6.45) is 8.50. The standard InChI is InChI=1S/C16H22ClNO/c17-14-11-13(3-4-15(14)19)12-18-9-7-16(8-10-18)5-1-2-6-16/h3-4,11,19H,1-2,5-10,12H2. The van der Waals surface area contributed by atoms with E-state index in [-0.39, 0.29) is 5.75 Å². The highest BCUT2D eigenvalue weighted by Crippen LogP contribution is 2.46. The lowest BCUT2D eigenvalue weighted by molar-refractivity contribution is 0.103. The van der Waals surface area contributed by atoms with Gasteiger partial charge in [-0.1, -0.05) is 30.5 Å².